The first-order valence-corrected chi connectivity index (χ1v) is 9.03. The van der Waals surface area contributed by atoms with Gasteiger partial charge in [0.1, 0.15) is 0 Å². The molecule has 0 atom stereocenters. The van der Waals surface area contributed by atoms with Gasteiger partial charge in [-0.3, -0.25) is 4.79 Å². The highest BCUT2D eigenvalue weighted by atomic mass is 16.5. The van der Waals surface area contributed by atoms with Crippen LogP contribution in [0.5, 0.6) is 11.5 Å². The zero-order valence-electron chi connectivity index (χ0n) is 16.0. The number of carbonyl (C=O) groups is 2. The van der Waals surface area contributed by atoms with Crippen LogP contribution in [0.3, 0.4) is 0 Å². The zero-order valence-corrected chi connectivity index (χ0v) is 16.0. The Labute approximate surface area is 164 Å². The lowest BCUT2D eigenvalue weighted by molar-refractivity contribution is -0.132. The fourth-order valence-corrected chi connectivity index (χ4v) is 3.07. The molecule has 2 aromatic carbocycles. The Balaban J connectivity index is 1.59. The maximum atomic E-state index is 12.5. The number of nitrogens with zero attached hydrogens (tertiary/aromatic N) is 1. The smallest absolute Gasteiger partial charge is 0.337 e. The van der Waals surface area contributed by atoms with Crippen LogP contribution in [0.15, 0.2) is 54.6 Å². The van der Waals surface area contributed by atoms with Gasteiger partial charge < -0.3 is 19.1 Å². The third-order valence-electron chi connectivity index (χ3n) is 4.64. The number of carbonyl (C=O) groups excluding carboxylic acids is 2. The molecule has 1 aliphatic rings. The SMILES string of the molecule is COC(=O)c1ccc(OCC(=O)N2CC=C(c3ccccc3)CC2)c(OC)c1. The number of hydrogen-bond acceptors (Lipinski definition) is 5. The molecule has 0 bridgehead atoms. The summed E-state index contributed by atoms with van der Waals surface area (Å²) in [5.74, 6) is 0.222. The van der Waals surface area contributed by atoms with Crippen molar-refractivity contribution in [3.05, 3.63) is 65.7 Å². The van der Waals surface area contributed by atoms with Crippen LogP contribution < -0.4 is 9.47 Å². The van der Waals surface area contributed by atoms with E-state index in [1.807, 2.05) is 18.2 Å². The molecule has 0 N–H and O–H groups in total. The van der Waals surface area contributed by atoms with Crippen molar-refractivity contribution in [2.45, 2.75) is 6.42 Å². The molecule has 1 heterocycles. The predicted octanol–water partition coefficient (Wildman–Crippen LogP) is 3.18. The lowest BCUT2D eigenvalue weighted by atomic mass is 10.00. The van der Waals surface area contributed by atoms with E-state index in [0.717, 1.165) is 6.42 Å². The maximum absolute atomic E-state index is 12.5. The highest BCUT2D eigenvalue weighted by molar-refractivity contribution is 5.90. The van der Waals surface area contributed by atoms with Gasteiger partial charge in [-0.15, -0.1) is 0 Å². The molecule has 3 rings (SSSR count). The van der Waals surface area contributed by atoms with Gasteiger partial charge in [0, 0.05) is 13.1 Å². The average Bonchev–Trinajstić information content (AvgIpc) is 2.77. The largest absolute Gasteiger partial charge is 0.493 e. The van der Waals surface area contributed by atoms with E-state index >= 15 is 0 Å². The van der Waals surface area contributed by atoms with E-state index in [1.165, 1.54) is 31.4 Å². The molecule has 146 valence electrons. The first-order chi connectivity index (χ1) is 13.6. The first kappa shape index (κ1) is 19.5. The number of amides is 1. The van der Waals surface area contributed by atoms with E-state index in [1.54, 1.807) is 17.0 Å². The Morgan fingerprint density at radius 1 is 1.04 bits per heavy atom. The van der Waals surface area contributed by atoms with E-state index in [4.69, 9.17) is 14.2 Å². The standard InChI is InChI=1S/C22H23NO5/c1-26-20-14-18(22(25)27-2)8-9-19(20)28-15-21(24)23-12-10-17(11-13-23)16-6-4-3-5-7-16/h3-10,14H,11-13,15H2,1-2H3. The lowest BCUT2D eigenvalue weighted by Crippen LogP contribution is -2.37. The first-order valence-electron chi connectivity index (χ1n) is 9.03. The van der Waals surface area contributed by atoms with Crippen molar-refractivity contribution < 1.29 is 23.8 Å². The van der Waals surface area contributed by atoms with Crippen LogP contribution in [-0.4, -0.2) is 50.7 Å². The second-order valence-corrected chi connectivity index (χ2v) is 6.33. The average molecular weight is 381 g/mol. The van der Waals surface area contributed by atoms with Gasteiger partial charge in [0.2, 0.25) is 0 Å². The number of methoxy groups -OCH3 is 2. The predicted molar refractivity (Wildman–Crippen MR) is 105 cm³/mol. The van der Waals surface area contributed by atoms with E-state index < -0.39 is 5.97 Å². The third kappa shape index (κ3) is 4.52. The lowest BCUT2D eigenvalue weighted by Gasteiger charge is -2.26. The van der Waals surface area contributed by atoms with E-state index in [9.17, 15) is 9.59 Å². The van der Waals surface area contributed by atoms with Gasteiger partial charge in [0.25, 0.3) is 5.91 Å². The fourth-order valence-electron chi connectivity index (χ4n) is 3.07. The van der Waals surface area contributed by atoms with E-state index in [-0.39, 0.29) is 12.5 Å². The Bertz CT molecular complexity index is 876. The molecule has 0 spiro atoms. The Morgan fingerprint density at radius 3 is 2.46 bits per heavy atom. The Hall–Kier alpha value is -3.28. The second-order valence-electron chi connectivity index (χ2n) is 6.33. The molecule has 0 saturated carbocycles. The second kappa shape index (κ2) is 9.08. The molecule has 0 fully saturated rings. The summed E-state index contributed by atoms with van der Waals surface area (Å²) in [6, 6.07) is 14.9. The molecule has 0 saturated heterocycles. The Kier molecular flexibility index (Phi) is 6.32. The zero-order chi connectivity index (χ0) is 19.9. The summed E-state index contributed by atoms with van der Waals surface area (Å²) >= 11 is 0. The van der Waals surface area contributed by atoms with Gasteiger partial charge in [-0.25, -0.2) is 4.79 Å². The minimum atomic E-state index is -0.463. The van der Waals surface area contributed by atoms with Crippen LogP contribution in [0.2, 0.25) is 0 Å². The number of benzene rings is 2. The summed E-state index contributed by atoms with van der Waals surface area (Å²) in [6.45, 7) is 1.12. The van der Waals surface area contributed by atoms with Crippen LogP contribution in [0.4, 0.5) is 0 Å². The van der Waals surface area contributed by atoms with Gasteiger partial charge in [0.05, 0.1) is 19.8 Å². The van der Waals surface area contributed by atoms with Gasteiger partial charge in [0.15, 0.2) is 18.1 Å². The molecular formula is C22H23NO5. The maximum Gasteiger partial charge on any atom is 0.337 e. The molecule has 28 heavy (non-hydrogen) atoms. The molecule has 6 nitrogen and oxygen atoms in total. The summed E-state index contributed by atoms with van der Waals surface area (Å²) < 4.78 is 15.6. The number of esters is 1. The van der Waals surface area contributed by atoms with Gasteiger partial charge in [-0.1, -0.05) is 36.4 Å². The molecule has 6 heteroatoms. The van der Waals surface area contributed by atoms with Crippen LogP contribution in [-0.2, 0) is 9.53 Å². The van der Waals surface area contributed by atoms with Crippen LogP contribution in [0.1, 0.15) is 22.3 Å². The molecule has 0 aliphatic carbocycles. The molecule has 0 aromatic heterocycles. The fraction of sp³-hybridized carbons (Fsp3) is 0.273. The summed E-state index contributed by atoms with van der Waals surface area (Å²) in [6.07, 6.45) is 2.90. The summed E-state index contributed by atoms with van der Waals surface area (Å²) in [5, 5.41) is 0. The van der Waals surface area contributed by atoms with Gasteiger partial charge >= 0.3 is 5.97 Å². The van der Waals surface area contributed by atoms with Crippen LogP contribution >= 0.6 is 0 Å². The van der Waals surface area contributed by atoms with Crippen molar-refractivity contribution in [2.24, 2.45) is 0 Å². The quantitative estimate of drug-likeness (QED) is 0.719. The molecule has 0 unspecified atom stereocenters. The number of hydrogen-bond donors (Lipinski definition) is 0. The Morgan fingerprint density at radius 2 is 1.82 bits per heavy atom. The summed E-state index contributed by atoms with van der Waals surface area (Å²) in [4.78, 5) is 25.9. The summed E-state index contributed by atoms with van der Waals surface area (Å²) in [5.41, 5.74) is 2.81. The molecule has 0 radical (unpaired) electrons. The van der Waals surface area contributed by atoms with Crippen LogP contribution in [0, 0.1) is 0 Å². The molecule has 1 amide bonds. The normalized spacial score (nSPS) is 13.5. The van der Waals surface area contributed by atoms with Crippen molar-refractivity contribution in [2.75, 3.05) is 33.9 Å². The van der Waals surface area contributed by atoms with Crippen molar-refractivity contribution >= 4 is 17.4 Å². The monoisotopic (exact) mass is 381 g/mol. The highest BCUT2D eigenvalue weighted by Crippen LogP contribution is 2.28. The molecule has 1 aliphatic heterocycles. The molecule has 2 aromatic rings. The van der Waals surface area contributed by atoms with E-state index in [0.29, 0.717) is 30.2 Å². The molecular weight excluding hydrogens is 358 g/mol. The van der Waals surface area contributed by atoms with E-state index in [2.05, 4.69) is 18.2 Å². The minimum absolute atomic E-state index is 0.0948. The van der Waals surface area contributed by atoms with Crippen molar-refractivity contribution in [3.8, 4) is 11.5 Å². The summed E-state index contributed by atoms with van der Waals surface area (Å²) in [7, 11) is 2.79. The third-order valence-corrected chi connectivity index (χ3v) is 4.64. The topological polar surface area (TPSA) is 65.1 Å². The van der Waals surface area contributed by atoms with Gasteiger partial charge in [-0.05, 0) is 35.8 Å². The van der Waals surface area contributed by atoms with Crippen molar-refractivity contribution in [1.29, 1.82) is 0 Å². The number of ether oxygens (including phenoxy) is 3. The van der Waals surface area contributed by atoms with Crippen molar-refractivity contribution in [1.82, 2.24) is 4.90 Å². The van der Waals surface area contributed by atoms with Crippen LogP contribution in [0.25, 0.3) is 5.57 Å². The minimum Gasteiger partial charge on any atom is -0.493 e. The van der Waals surface area contributed by atoms with Crippen molar-refractivity contribution in [3.63, 3.8) is 0 Å². The van der Waals surface area contributed by atoms with Gasteiger partial charge in [-0.2, -0.15) is 0 Å². The number of rotatable bonds is 6. The highest BCUT2D eigenvalue weighted by Gasteiger charge is 2.19.